The molecule has 210 valence electrons. The zero-order valence-electron chi connectivity index (χ0n) is 23.5. The third-order valence-electron chi connectivity index (χ3n) is 5.71. The Morgan fingerprint density at radius 1 is 1.05 bits per heavy atom. The third kappa shape index (κ3) is 7.77. The van der Waals surface area contributed by atoms with Gasteiger partial charge in [0.15, 0.2) is 5.13 Å². The van der Waals surface area contributed by atoms with Crippen molar-refractivity contribution in [2.24, 2.45) is 24.8 Å². The van der Waals surface area contributed by atoms with Gasteiger partial charge >= 0.3 is 0 Å². The summed E-state index contributed by atoms with van der Waals surface area (Å²) < 4.78 is 3.26. The van der Waals surface area contributed by atoms with Crippen LogP contribution in [-0.4, -0.2) is 69.8 Å². The van der Waals surface area contributed by atoms with Crippen LogP contribution in [0.5, 0.6) is 0 Å². The highest BCUT2D eigenvalue weighted by molar-refractivity contribution is 7.16. The monoisotopic (exact) mass is 555 g/mol. The second-order valence-electron chi connectivity index (χ2n) is 9.88. The molecule has 3 aromatic rings. The van der Waals surface area contributed by atoms with Crippen molar-refractivity contribution >= 4 is 51.4 Å². The van der Waals surface area contributed by atoms with Crippen LogP contribution in [-0.2, 0) is 14.1 Å². The predicted molar refractivity (Wildman–Crippen MR) is 155 cm³/mol. The molecule has 39 heavy (non-hydrogen) atoms. The molecule has 13 heteroatoms. The Bertz CT molecular complexity index is 1380. The molecule has 0 bridgehead atoms. The molecule has 0 radical (unpaired) electrons. The largest absolute Gasteiger partial charge is 0.387 e. The van der Waals surface area contributed by atoms with Gasteiger partial charge in [-0.05, 0) is 52.0 Å². The van der Waals surface area contributed by atoms with Crippen LogP contribution in [0.15, 0.2) is 29.5 Å². The van der Waals surface area contributed by atoms with Crippen LogP contribution in [0.2, 0.25) is 0 Å². The molecule has 0 saturated carbocycles. The number of rotatable bonds is 11. The van der Waals surface area contributed by atoms with E-state index < -0.39 is 5.91 Å². The summed E-state index contributed by atoms with van der Waals surface area (Å²) in [6.45, 7) is 7.03. The van der Waals surface area contributed by atoms with E-state index >= 15 is 0 Å². The van der Waals surface area contributed by atoms with Crippen molar-refractivity contribution < 1.29 is 14.4 Å². The maximum atomic E-state index is 13.1. The minimum absolute atomic E-state index is 0.0602. The van der Waals surface area contributed by atoms with Gasteiger partial charge in [-0.3, -0.25) is 19.7 Å². The van der Waals surface area contributed by atoms with Crippen molar-refractivity contribution in [2.75, 3.05) is 37.8 Å². The molecule has 0 spiro atoms. The Hall–Kier alpha value is -3.97. The van der Waals surface area contributed by atoms with Gasteiger partial charge in [0.1, 0.15) is 17.1 Å². The fourth-order valence-corrected chi connectivity index (χ4v) is 4.83. The lowest BCUT2D eigenvalue weighted by atomic mass is 10.1. The summed E-state index contributed by atoms with van der Waals surface area (Å²) in [5.41, 5.74) is 7.69. The lowest BCUT2D eigenvalue weighted by Crippen LogP contribution is -2.28. The van der Waals surface area contributed by atoms with Crippen LogP contribution in [0.3, 0.4) is 0 Å². The van der Waals surface area contributed by atoms with Crippen LogP contribution in [0.25, 0.3) is 0 Å². The number of thiazole rings is 1. The molecule has 0 aromatic carbocycles. The first-order valence-electron chi connectivity index (χ1n) is 12.6. The van der Waals surface area contributed by atoms with Crippen LogP contribution in [0.4, 0.5) is 16.5 Å². The highest BCUT2D eigenvalue weighted by Crippen LogP contribution is 2.30. The summed E-state index contributed by atoms with van der Waals surface area (Å²) in [6, 6.07) is 3.21. The molecular weight excluding hydrogens is 518 g/mol. The van der Waals surface area contributed by atoms with Crippen molar-refractivity contribution in [1.82, 2.24) is 24.3 Å². The number of aromatic nitrogens is 3. The normalized spacial score (nSPS) is 11.8. The lowest BCUT2D eigenvalue weighted by Gasteiger charge is -2.10. The summed E-state index contributed by atoms with van der Waals surface area (Å²) >= 11 is 1.28. The summed E-state index contributed by atoms with van der Waals surface area (Å²) in [5, 5.41) is 8.86. The quantitative estimate of drug-likeness (QED) is 0.162. The fraction of sp³-hybridized carbons (Fsp3) is 0.423. The number of amides is 3. The van der Waals surface area contributed by atoms with Crippen molar-refractivity contribution in [3.8, 4) is 0 Å². The number of nitrogens with one attached hydrogen (secondary N) is 3. The Morgan fingerprint density at radius 2 is 1.69 bits per heavy atom. The third-order valence-corrected chi connectivity index (χ3v) is 6.98. The minimum atomic E-state index is -0.408. The molecule has 3 amide bonds. The second-order valence-corrected chi connectivity index (χ2v) is 10.9. The molecule has 0 aliphatic heterocycles. The van der Waals surface area contributed by atoms with Gasteiger partial charge in [-0.15, -0.1) is 11.3 Å². The van der Waals surface area contributed by atoms with Gasteiger partial charge in [0.25, 0.3) is 17.7 Å². The molecule has 5 N–H and O–H groups in total. The second kappa shape index (κ2) is 12.7. The number of hydrogen-bond acceptors (Lipinski definition) is 7. The summed E-state index contributed by atoms with van der Waals surface area (Å²) in [4.78, 5) is 50.2. The van der Waals surface area contributed by atoms with Crippen LogP contribution < -0.4 is 21.7 Å². The fourth-order valence-electron chi connectivity index (χ4n) is 3.87. The first-order valence-corrected chi connectivity index (χ1v) is 13.4. The standard InChI is InChI=1S/C26H37N9O3S/c1-15(2)22-21(25(38)28-9-8-10-33(4)5)31-26(39-22)32-24(37)20-12-18(14-35(20)7)30-23(36)19-11-17(13-34(19)6)29-16(3)27/h11-15H,8-10H2,1-7H3,(H2,27,29)(H,28,38)(H,30,36)(H,31,32,37). The average molecular weight is 556 g/mol. The molecular formula is C26H37N9O3S. The van der Waals surface area contributed by atoms with E-state index in [9.17, 15) is 14.4 Å². The highest BCUT2D eigenvalue weighted by atomic mass is 32.1. The molecule has 3 rings (SSSR count). The van der Waals surface area contributed by atoms with E-state index in [4.69, 9.17) is 5.73 Å². The topological polar surface area (TPSA) is 152 Å². The van der Waals surface area contributed by atoms with E-state index in [1.807, 2.05) is 27.9 Å². The summed E-state index contributed by atoms with van der Waals surface area (Å²) in [7, 11) is 7.41. The van der Waals surface area contributed by atoms with Crippen LogP contribution in [0.1, 0.15) is 69.5 Å². The van der Waals surface area contributed by atoms with Gasteiger partial charge in [0.2, 0.25) is 0 Å². The molecule has 0 aliphatic rings. The Morgan fingerprint density at radius 3 is 2.33 bits per heavy atom. The molecule has 12 nitrogen and oxygen atoms in total. The molecule has 3 aromatic heterocycles. The van der Waals surface area contributed by atoms with Crippen molar-refractivity contribution in [1.29, 1.82) is 0 Å². The molecule has 3 heterocycles. The van der Waals surface area contributed by atoms with Gasteiger partial charge in [-0.25, -0.2) is 9.98 Å². The zero-order chi connectivity index (χ0) is 28.9. The number of carbonyl (C=O) groups excluding carboxylic acids is 3. The number of nitrogens with two attached hydrogens (primary N) is 1. The molecule has 0 saturated heterocycles. The van der Waals surface area contributed by atoms with Crippen molar-refractivity contribution in [2.45, 2.75) is 33.1 Å². The highest BCUT2D eigenvalue weighted by Gasteiger charge is 2.23. The lowest BCUT2D eigenvalue weighted by molar-refractivity contribution is 0.0944. The number of amidine groups is 1. The Kier molecular flexibility index (Phi) is 9.65. The molecule has 0 unspecified atom stereocenters. The predicted octanol–water partition coefficient (Wildman–Crippen LogP) is 3.14. The van der Waals surface area contributed by atoms with Gasteiger partial charge < -0.3 is 30.4 Å². The number of nitrogens with zero attached hydrogens (tertiary/aromatic N) is 5. The first kappa shape index (κ1) is 29.6. The Labute approximate surface area is 232 Å². The smallest absolute Gasteiger partial charge is 0.274 e. The van der Waals surface area contributed by atoms with E-state index in [1.165, 1.54) is 11.3 Å². The SMILES string of the molecule is CC(N)=Nc1cc(C(=O)Nc2cc(C(=O)Nc3nc(C(=O)NCCCN(C)C)c(C(C)C)s3)n(C)c2)n(C)c1. The maximum Gasteiger partial charge on any atom is 0.274 e. The van der Waals surface area contributed by atoms with E-state index in [0.29, 0.717) is 46.0 Å². The Balaban J connectivity index is 1.70. The van der Waals surface area contributed by atoms with E-state index in [0.717, 1.165) is 17.8 Å². The number of aliphatic imine (C=N–C) groups is 1. The van der Waals surface area contributed by atoms with Crippen molar-refractivity contribution in [3.63, 3.8) is 0 Å². The van der Waals surface area contributed by atoms with E-state index in [1.54, 1.807) is 54.7 Å². The first-order chi connectivity index (χ1) is 18.3. The number of aryl methyl sites for hydroxylation is 2. The number of anilines is 2. The van der Waals surface area contributed by atoms with Gasteiger partial charge in [-0.1, -0.05) is 13.8 Å². The average Bonchev–Trinajstić information content (AvgIpc) is 3.52. The molecule has 0 atom stereocenters. The number of hydrogen-bond donors (Lipinski definition) is 4. The van der Waals surface area contributed by atoms with Gasteiger partial charge in [0, 0.05) is 37.9 Å². The van der Waals surface area contributed by atoms with E-state index in [-0.39, 0.29) is 17.7 Å². The van der Waals surface area contributed by atoms with Gasteiger partial charge in [0.05, 0.1) is 17.2 Å². The maximum absolute atomic E-state index is 13.1. The summed E-state index contributed by atoms with van der Waals surface area (Å²) in [6.07, 6.45) is 4.17. The van der Waals surface area contributed by atoms with Crippen LogP contribution in [0, 0.1) is 0 Å². The molecule has 0 aliphatic carbocycles. The van der Waals surface area contributed by atoms with Gasteiger partial charge in [-0.2, -0.15) is 0 Å². The zero-order valence-corrected chi connectivity index (χ0v) is 24.3. The van der Waals surface area contributed by atoms with Crippen LogP contribution >= 0.6 is 11.3 Å². The van der Waals surface area contributed by atoms with Crippen molar-refractivity contribution in [3.05, 3.63) is 46.5 Å². The van der Waals surface area contributed by atoms with E-state index in [2.05, 4.69) is 30.8 Å². The summed E-state index contributed by atoms with van der Waals surface area (Å²) in [5.74, 6) is -0.568. The molecule has 0 fully saturated rings. The minimum Gasteiger partial charge on any atom is -0.387 e. The number of carbonyl (C=O) groups is 3.